The number of halogens is 4. The van der Waals surface area contributed by atoms with E-state index in [4.69, 9.17) is 16.1 Å². The predicted molar refractivity (Wildman–Crippen MR) is 146 cm³/mol. The van der Waals surface area contributed by atoms with E-state index in [1.165, 1.54) is 40.7 Å². The molecule has 214 valence electrons. The zero-order valence-corrected chi connectivity index (χ0v) is 23.2. The molecule has 4 aromatic rings. The number of alkyl halides is 3. The Morgan fingerprint density at radius 2 is 1.56 bits per heavy atom. The summed E-state index contributed by atoms with van der Waals surface area (Å²) in [5.41, 5.74) is 0.766. The third-order valence-corrected chi connectivity index (χ3v) is 9.10. The summed E-state index contributed by atoms with van der Waals surface area (Å²) in [5, 5.41) is 4.28. The third-order valence-electron chi connectivity index (χ3n) is 6.98. The van der Waals surface area contributed by atoms with E-state index in [1.807, 2.05) is 0 Å². The van der Waals surface area contributed by atoms with Crippen molar-refractivity contribution in [1.82, 2.24) is 14.4 Å². The van der Waals surface area contributed by atoms with Crippen LogP contribution in [-0.4, -0.2) is 34.7 Å². The number of Topliss-reactive ketones (excluding diaryl/α,β-unsaturated/α-hetero) is 1. The molecule has 5 rings (SSSR count). The van der Waals surface area contributed by atoms with Gasteiger partial charge in [-0.05, 0) is 66.9 Å². The van der Waals surface area contributed by atoms with E-state index in [-0.39, 0.29) is 28.9 Å². The van der Waals surface area contributed by atoms with Crippen molar-refractivity contribution in [3.63, 3.8) is 0 Å². The Morgan fingerprint density at radius 1 is 0.902 bits per heavy atom. The highest BCUT2D eigenvalue weighted by Crippen LogP contribution is 2.32. The molecule has 1 heterocycles. The standard InChI is InChI=1S/C29H25ClF3N3O4S/c30-23-14-16-24(17-15-23)41(38,39)36(25-4-2-1-3-5-26(25)37)18-19-6-8-21(9-7-19)28-34-27(35-40-28)20-10-12-22(13-11-20)29(31,32)33/h6-17,25H,1-5,18H2/t25-/m1/s1. The van der Waals surface area contributed by atoms with Crippen molar-refractivity contribution in [3.05, 3.63) is 88.9 Å². The summed E-state index contributed by atoms with van der Waals surface area (Å²) in [7, 11) is -4.02. The highest BCUT2D eigenvalue weighted by molar-refractivity contribution is 7.89. The fourth-order valence-electron chi connectivity index (χ4n) is 4.75. The van der Waals surface area contributed by atoms with Crippen LogP contribution in [0.4, 0.5) is 13.2 Å². The number of nitrogens with zero attached hydrogens (tertiary/aromatic N) is 3. The summed E-state index contributed by atoms with van der Waals surface area (Å²) in [6.45, 7) is -0.0255. The van der Waals surface area contributed by atoms with Gasteiger partial charge in [-0.2, -0.15) is 22.5 Å². The van der Waals surface area contributed by atoms with Crippen LogP contribution in [0.1, 0.15) is 43.2 Å². The monoisotopic (exact) mass is 603 g/mol. The molecule has 0 bridgehead atoms. The van der Waals surface area contributed by atoms with Crippen LogP contribution < -0.4 is 0 Å². The molecule has 0 radical (unpaired) electrons. The van der Waals surface area contributed by atoms with Gasteiger partial charge in [0.05, 0.1) is 16.5 Å². The first-order valence-corrected chi connectivity index (χ1v) is 14.7. The third kappa shape index (κ3) is 6.52. The number of benzene rings is 3. The second kappa shape index (κ2) is 11.8. The Balaban J connectivity index is 1.39. The first-order chi connectivity index (χ1) is 19.5. The number of ketones is 1. The molecule has 41 heavy (non-hydrogen) atoms. The van der Waals surface area contributed by atoms with Gasteiger partial charge >= 0.3 is 6.18 Å². The van der Waals surface area contributed by atoms with Crippen LogP contribution in [-0.2, 0) is 27.5 Å². The lowest BCUT2D eigenvalue weighted by Gasteiger charge is -2.29. The average Bonchev–Trinajstić information content (AvgIpc) is 3.35. The lowest BCUT2D eigenvalue weighted by Crippen LogP contribution is -2.44. The van der Waals surface area contributed by atoms with Crippen molar-refractivity contribution in [1.29, 1.82) is 0 Å². The predicted octanol–water partition coefficient (Wildman–Crippen LogP) is 7.17. The molecule has 0 aliphatic heterocycles. The van der Waals surface area contributed by atoms with E-state index in [0.717, 1.165) is 31.4 Å². The topological polar surface area (TPSA) is 93.4 Å². The molecule has 1 aromatic heterocycles. The Kier molecular flexibility index (Phi) is 8.30. The Morgan fingerprint density at radius 3 is 2.22 bits per heavy atom. The summed E-state index contributed by atoms with van der Waals surface area (Å²) in [6.07, 6.45) is -1.33. The van der Waals surface area contributed by atoms with Gasteiger partial charge in [0.25, 0.3) is 5.89 Å². The molecule has 0 spiro atoms. The van der Waals surface area contributed by atoms with Gasteiger partial charge < -0.3 is 4.52 Å². The minimum atomic E-state index is -4.45. The van der Waals surface area contributed by atoms with Crippen LogP contribution in [0.15, 0.2) is 82.2 Å². The lowest BCUT2D eigenvalue weighted by molar-refractivity contribution is -0.137. The molecular formula is C29H25ClF3N3O4S. The fraction of sp³-hybridized carbons (Fsp3) is 0.276. The number of aromatic nitrogens is 2. The smallest absolute Gasteiger partial charge is 0.334 e. The summed E-state index contributed by atoms with van der Waals surface area (Å²) in [5.74, 6) is 0.180. The maximum absolute atomic E-state index is 13.7. The van der Waals surface area contributed by atoms with Crippen LogP contribution in [0.2, 0.25) is 5.02 Å². The van der Waals surface area contributed by atoms with Crippen LogP contribution in [0.5, 0.6) is 0 Å². The molecule has 1 atom stereocenters. The normalized spacial score (nSPS) is 16.6. The highest BCUT2D eigenvalue weighted by Gasteiger charge is 2.36. The minimum Gasteiger partial charge on any atom is -0.334 e. The summed E-state index contributed by atoms with van der Waals surface area (Å²) >= 11 is 5.97. The maximum Gasteiger partial charge on any atom is 0.416 e. The minimum absolute atomic E-state index is 0.0255. The van der Waals surface area contributed by atoms with Crippen LogP contribution in [0.25, 0.3) is 22.8 Å². The van der Waals surface area contributed by atoms with Crippen molar-refractivity contribution < 1.29 is 30.9 Å². The first kappa shape index (κ1) is 29.0. The Labute approximate surface area is 240 Å². The number of carbonyl (C=O) groups excluding carboxylic acids is 1. The van der Waals surface area contributed by atoms with Crippen molar-refractivity contribution in [3.8, 4) is 22.8 Å². The van der Waals surface area contributed by atoms with Crippen molar-refractivity contribution in [2.24, 2.45) is 0 Å². The molecule has 7 nitrogen and oxygen atoms in total. The summed E-state index contributed by atoms with van der Waals surface area (Å²) in [6, 6.07) is 16.3. The van der Waals surface area contributed by atoms with Gasteiger partial charge in [0, 0.05) is 29.1 Å². The molecular weight excluding hydrogens is 579 g/mol. The molecule has 1 fully saturated rings. The van der Waals surface area contributed by atoms with Gasteiger partial charge in [0.15, 0.2) is 5.78 Å². The maximum atomic E-state index is 13.7. The van der Waals surface area contributed by atoms with Gasteiger partial charge in [-0.15, -0.1) is 0 Å². The van der Waals surface area contributed by atoms with Gasteiger partial charge in [-0.3, -0.25) is 4.79 Å². The highest BCUT2D eigenvalue weighted by atomic mass is 35.5. The number of carbonyl (C=O) groups is 1. The van der Waals surface area contributed by atoms with Gasteiger partial charge in [-0.1, -0.05) is 53.9 Å². The summed E-state index contributed by atoms with van der Waals surface area (Å²) in [4.78, 5) is 17.3. The van der Waals surface area contributed by atoms with E-state index in [9.17, 15) is 26.4 Å². The zero-order chi connectivity index (χ0) is 29.2. The molecule has 1 aliphatic carbocycles. The van der Waals surface area contributed by atoms with E-state index in [1.54, 1.807) is 24.3 Å². The molecule has 0 saturated heterocycles. The van der Waals surface area contributed by atoms with Gasteiger partial charge in [0.2, 0.25) is 15.8 Å². The van der Waals surface area contributed by atoms with Crippen LogP contribution in [0.3, 0.4) is 0 Å². The average molecular weight is 604 g/mol. The molecule has 0 amide bonds. The van der Waals surface area contributed by atoms with E-state index in [0.29, 0.717) is 34.6 Å². The molecule has 3 aromatic carbocycles. The molecule has 1 aliphatic rings. The lowest BCUT2D eigenvalue weighted by atomic mass is 10.1. The fourth-order valence-corrected chi connectivity index (χ4v) is 6.50. The Bertz CT molecular complexity index is 1620. The van der Waals surface area contributed by atoms with E-state index < -0.39 is 27.8 Å². The number of rotatable bonds is 7. The second-order valence-electron chi connectivity index (χ2n) is 9.78. The zero-order valence-electron chi connectivity index (χ0n) is 21.6. The van der Waals surface area contributed by atoms with E-state index in [2.05, 4.69) is 10.1 Å². The van der Waals surface area contributed by atoms with Crippen molar-refractivity contribution >= 4 is 27.4 Å². The van der Waals surface area contributed by atoms with Crippen LogP contribution >= 0.6 is 11.6 Å². The SMILES string of the molecule is O=C1CCCCC[C@H]1N(Cc1ccc(-c2nc(-c3ccc(C(F)(F)F)cc3)no2)cc1)S(=O)(=O)c1ccc(Cl)cc1. The largest absolute Gasteiger partial charge is 0.416 e. The number of hydrogen-bond donors (Lipinski definition) is 0. The molecule has 1 saturated carbocycles. The summed E-state index contributed by atoms with van der Waals surface area (Å²) < 4.78 is 72.7. The second-order valence-corrected chi connectivity index (χ2v) is 12.1. The molecule has 0 unspecified atom stereocenters. The quantitative estimate of drug-likeness (QED) is 0.208. The first-order valence-electron chi connectivity index (χ1n) is 12.9. The molecule has 12 heteroatoms. The van der Waals surface area contributed by atoms with Crippen molar-refractivity contribution in [2.45, 2.75) is 55.8 Å². The van der Waals surface area contributed by atoms with Crippen molar-refractivity contribution in [2.75, 3.05) is 0 Å². The van der Waals surface area contributed by atoms with Gasteiger partial charge in [-0.25, -0.2) is 8.42 Å². The number of hydrogen-bond acceptors (Lipinski definition) is 6. The Hall–Kier alpha value is -3.54. The molecule has 0 N–H and O–H groups in total. The van der Waals surface area contributed by atoms with Gasteiger partial charge in [0.1, 0.15) is 0 Å². The van der Waals surface area contributed by atoms with E-state index >= 15 is 0 Å². The number of sulfonamides is 1. The van der Waals surface area contributed by atoms with Crippen LogP contribution in [0, 0.1) is 0 Å².